The summed E-state index contributed by atoms with van der Waals surface area (Å²) in [5, 5.41) is 5.46. The number of para-hydroxylation sites is 1. The second-order valence-corrected chi connectivity index (χ2v) is 4.34. The van der Waals surface area contributed by atoms with Gasteiger partial charge in [0, 0.05) is 17.8 Å². The minimum absolute atomic E-state index is 0.287. The van der Waals surface area contributed by atoms with Gasteiger partial charge in [0.25, 0.3) is 5.91 Å². The van der Waals surface area contributed by atoms with Crippen molar-refractivity contribution in [2.45, 2.75) is 6.54 Å². The van der Waals surface area contributed by atoms with Crippen LogP contribution in [-0.4, -0.2) is 11.9 Å². The quantitative estimate of drug-likeness (QED) is 0.390. The molecular weight excluding hydrogens is 268 g/mol. The van der Waals surface area contributed by atoms with E-state index in [1.54, 1.807) is 36.4 Å². The highest BCUT2D eigenvalue weighted by atomic mass is 16.2. The van der Waals surface area contributed by atoms with Crippen LogP contribution in [0.25, 0.3) is 0 Å². The number of amides is 3. The van der Waals surface area contributed by atoms with Crippen LogP contribution < -0.4 is 21.9 Å². The second-order valence-electron chi connectivity index (χ2n) is 4.34. The number of anilines is 1. The molecule has 2 rings (SSSR count). The molecule has 0 unspecified atom stereocenters. The lowest BCUT2D eigenvalue weighted by atomic mass is 10.1. The Labute approximate surface area is 122 Å². The van der Waals surface area contributed by atoms with Gasteiger partial charge >= 0.3 is 6.03 Å². The third-order valence-electron chi connectivity index (χ3n) is 2.83. The SMILES string of the molecule is NNC(=O)c1ccc(CNC(=O)Nc2ccccc2)cc1. The van der Waals surface area contributed by atoms with Crippen LogP contribution in [0, 0.1) is 0 Å². The number of carbonyl (C=O) groups is 2. The van der Waals surface area contributed by atoms with E-state index in [4.69, 9.17) is 5.84 Å². The number of carbonyl (C=O) groups excluding carboxylic acids is 2. The molecule has 21 heavy (non-hydrogen) atoms. The maximum absolute atomic E-state index is 11.7. The van der Waals surface area contributed by atoms with Gasteiger partial charge in [0.2, 0.25) is 0 Å². The summed E-state index contributed by atoms with van der Waals surface area (Å²) in [4.78, 5) is 23.0. The molecule has 6 heteroatoms. The highest BCUT2D eigenvalue weighted by molar-refractivity contribution is 5.93. The molecule has 2 aromatic rings. The molecule has 0 radical (unpaired) electrons. The van der Waals surface area contributed by atoms with Crippen LogP contribution in [0.1, 0.15) is 15.9 Å². The van der Waals surface area contributed by atoms with Gasteiger partial charge in [-0.2, -0.15) is 0 Å². The number of benzene rings is 2. The Hall–Kier alpha value is -2.86. The third kappa shape index (κ3) is 4.32. The van der Waals surface area contributed by atoms with Gasteiger partial charge in [0.1, 0.15) is 0 Å². The Balaban J connectivity index is 1.85. The Bertz CT molecular complexity index is 611. The predicted molar refractivity (Wildman–Crippen MR) is 80.4 cm³/mol. The number of nitrogens with one attached hydrogen (secondary N) is 3. The fraction of sp³-hybridized carbons (Fsp3) is 0.0667. The molecule has 3 amide bonds. The minimum Gasteiger partial charge on any atom is -0.334 e. The fourth-order valence-corrected chi connectivity index (χ4v) is 1.74. The average Bonchev–Trinajstić information content (AvgIpc) is 2.53. The number of hydrogen-bond acceptors (Lipinski definition) is 3. The van der Waals surface area contributed by atoms with Gasteiger partial charge in [-0.05, 0) is 29.8 Å². The monoisotopic (exact) mass is 284 g/mol. The van der Waals surface area contributed by atoms with Crippen molar-refractivity contribution in [3.8, 4) is 0 Å². The van der Waals surface area contributed by atoms with E-state index < -0.39 is 0 Å². The number of nitrogens with two attached hydrogens (primary N) is 1. The summed E-state index contributed by atoms with van der Waals surface area (Å²) in [6.45, 7) is 0.364. The van der Waals surface area contributed by atoms with Crippen molar-refractivity contribution in [1.29, 1.82) is 0 Å². The van der Waals surface area contributed by atoms with Crippen LogP contribution in [0.4, 0.5) is 10.5 Å². The van der Waals surface area contributed by atoms with Crippen molar-refractivity contribution < 1.29 is 9.59 Å². The first-order valence-electron chi connectivity index (χ1n) is 6.39. The number of nitrogen functional groups attached to an aromatic ring is 1. The van der Waals surface area contributed by atoms with Crippen LogP contribution >= 0.6 is 0 Å². The van der Waals surface area contributed by atoms with E-state index in [1.165, 1.54) is 0 Å². The molecule has 0 aliphatic carbocycles. The first-order valence-corrected chi connectivity index (χ1v) is 6.39. The van der Waals surface area contributed by atoms with E-state index in [0.29, 0.717) is 12.1 Å². The fourth-order valence-electron chi connectivity index (χ4n) is 1.74. The van der Waals surface area contributed by atoms with Crippen LogP contribution in [0.2, 0.25) is 0 Å². The third-order valence-corrected chi connectivity index (χ3v) is 2.83. The number of rotatable bonds is 4. The van der Waals surface area contributed by atoms with Crippen LogP contribution in [-0.2, 0) is 6.54 Å². The topological polar surface area (TPSA) is 96.2 Å². The van der Waals surface area contributed by atoms with E-state index in [0.717, 1.165) is 11.3 Å². The molecule has 6 nitrogen and oxygen atoms in total. The Morgan fingerprint density at radius 3 is 2.24 bits per heavy atom. The smallest absolute Gasteiger partial charge is 0.319 e. The molecule has 0 aromatic heterocycles. The lowest BCUT2D eigenvalue weighted by molar-refractivity contribution is 0.0953. The van der Waals surface area contributed by atoms with Crippen molar-refractivity contribution >= 4 is 17.6 Å². The number of urea groups is 1. The molecule has 0 aliphatic heterocycles. The van der Waals surface area contributed by atoms with Gasteiger partial charge in [-0.25, -0.2) is 10.6 Å². The van der Waals surface area contributed by atoms with Gasteiger partial charge < -0.3 is 10.6 Å². The zero-order valence-electron chi connectivity index (χ0n) is 11.3. The van der Waals surface area contributed by atoms with Crippen molar-refractivity contribution in [2.75, 3.05) is 5.32 Å². The zero-order valence-corrected chi connectivity index (χ0v) is 11.3. The van der Waals surface area contributed by atoms with Crippen LogP contribution in [0.15, 0.2) is 54.6 Å². The largest absolute Gasteiger partial charge is 0.334 e. The molecule has 0 fully saturated rings. The van der Waals surface area contributed by atoms with E-state index in [2.05, 4.69) is 16.1 Å². The van der Waals surface area contributed by atoms with E-state index in [1.807, 2.05) is 18.2 Å². The molecular formula is C15H16N4O2. The normalized spacial score (nSPS) is 9.76. The first kappa shape index (κ1) is 14.5. The first-order chi connectivity index (χ1) is 10.2. The van der Waals surface area contributed by atoms with Gasteiger partial charge in [-0.1, -0.05) is 30.3 Å². The molecule has 0 heterocycles. The minimum atomic E-state index is -0.351. The maximum Gasteiger partial charge on any atom is 0.319 e. The average molecular weight is 284 g/mol. The van der Waals surface area contributed by atoms with E-state index >= 15 is 0 Å². The van der Waals surface area contributed by atoms with Crippen molar-refractivity contribution in [2.24, 2.45) is 5.84 Å². The van der Waals surface area contributed by atoms with E-state index in [9.17, 15) is 9.59 Å². The zero-order chi connectivity index (χ0) is 15.1. The van der Waals surface area contributed by atoms with Crippen molar-refractivity contribution in [3.63, 3.8) is 0 Å². The summed E-state index contributed by atoms with van der Waals surface area (Å²) in [7, 11) is 0. The molecule has 0 spiro atoms. The Morgan fingerprint density at radius 2 is 1.62 bits per heavy atom. The molecule has 0 atom stereocenters. The summed E-state index contributed by atoms with van der Waals surface area (Å²) in [6.07, 6.45) is 0. The lowest BCUT2D eigenvalue weighted by Gasteiger charge is -2.08. The lowest BCUT2D eigenvalue weighted by Crippen LogP contribution is -2.30. The van der Waals surface area contributed by atoms with Gasteiger partial charge in [-0.3, -0.25) is 10.2 Å². The standard InChI is InChI=1S/C15H16N4O2/c16-19-14(20)12-8-6-11(7-9-12)10-17-15(21)18-13-4-2-1-3-5-13/h1-9H,10,16H2,(H,19,20)(H2,17,18,21). The predicted octanol–water partition coefficient (Wildman–Crippen LogP) is 1.61. The summed E-state index contributed by atoms with van der Waals surface area (Å²) in [5.74, 6) is 4.70. The summed E-state index contributed by atoms with van der Waals surface area (Å²) >= 11 is 0. The molecule has 2 aromatic carbocycles. The summed E-state index contributed by atoms with van der Waals surface area (Å²) < 4.78 is 0. The molecule has 0 saturated heterocycles. The van der Waals surface area contributed by atoms with Gasteiger partial charge in [-0.15, -0.1) is 0 Å². The highest BCUT2D eigenvalue weighted by Crippen LogP contribution is 2.06. The van der Waals surface area contributed by atoms with Gasteiger partial charge in [0.15, 0.2) is 0 Å². The molecule has 0 saturated carbocycles. The number of hydrazine groups is 1. The number of hydrogen-bond donors (Lipinski definition) is 4. The molecule has 0 aliphatic rings. The Morgan fingerprint density at radius 1 is 0.952 bits per heavy atom. The van der Waals surface area contributed by atoms with Gasteiger partial charge in [0.05, 0.1) is 0 Å². The summed E-state index contributed by atoms with van der Waals surface area (Å²) in [6, 6.07) is 15.7. The molecule has 5 N–H and O–H groups in total. The Kier molecular flexibility index (Phi) is 4.89. The molecule has 0 bridgehead atoms. The van der Waals surface area contributed by atoms with Crippen LogP contribution in [0.5, 0.6) is 0 Å². The van der Waals surface area contributed by atoms with Crippen molar-refractivity contribution in [1.82, 2.24) is 10.7 Å². The van der Waals surface area contributed by atoms with E-state index in [-0.39, 0.29) is 11.9 Å². The van der Waals surface area contributed by atoms with Crippen LogP contribution in [0.3, 0.4) is 0 Å². The summed E-state index contributed by atoms with van der Waals surface area (Å²) in [5.41, 5.74) is 4.14. The maximum atomic E-state index is 11.7. The molecule has 108 valence electrons. The van der Waals surface area contributed by atoms with Crippen molar-refractivity contribution in [3.05, 3.63) is 65.7 Å². The highest BCUT2D eigenvalue weighted by Gasteiger charge is 2.04. The second kappa shape index (κ2) is 7.06.